The molecule has 0 saturated heterocycles. The molecular formula is C9H18N2O3. The first kappa shape index (κ1) is 12.9. The molecule has 5 heteroatoms. The van der Waals surface area contributed by atoms with Gasteiger partial charge in [0.15, 0.2) is 0 Å². The van der Waals surface area contributed by atoms with Gasteiger partial charge >= 0.3 is 5.97 Å². The first-order chi connectivity index (χ1) is 6.35. The van der Waals surface area contributed by atoms with Crippen molar-refractivity contribution in [2.24, 2.45) is 0 Å². The van der Waals surface area contributed by atoms with Crippen molar-refractivity contribution in [3.8, 4) is 0 Å². The number of aliphatic carboxylic acids is 1. The topological polar surface area (TPSA) is 78.4 Å². The molecule has 1 atom stereocenters. The molecule has 0 spiro atoms. The summed E-state index contributed by atoms with van der Waals surface area (Å²) >= 11 is 0. The van der Waals surface area contributed by atoms with E-state index < -0.39 is 17.6 Å². The molecule has 0 radical (unpaired) electrons. The van der Waals surface area contributed by atoms with Gasteiger partial charge in [-0.2, -0.15) is 0 Å². The van der Waals surface area contributed by atoms with Crippen LogP contribution in [0.25, 0.3) is 0 Å². The predicted molar refractivity (Wildman–Crippen MR) is 53.0 cm³/mol. The summed E-state index contributed by atoms with van der Waals surface area (Å²) in [6.07, 6.45) is 0.376. The van der Waals surface area contributed by atoms with Crippen molar-refractivity contribution in [3.05, 3.63) is 0 Å². The third-order valence-corrected chi connectivity index (χ3v) is 2.20. The number of nitrogens with one attached hydrogen (secondary N) is 2. The number of carboxylic acid groups (broad SMARTS) is 1. The fourth-order valence-corrected chi connectivity index (χ4v) is 0.791. The summed E-state index contributed by atoms with van der Waals surface area (Å²) in [4.78, 5) is 22.2. The molecule has 1 amide bonds. The maximum Gasteiger partial charge on any atom is 0.326 e. The molecule has 0 aliphatic carbocycles. The molecule has 82 valence electrons. The molecule has 0 saturated carbocycles. The lowest BCUT2D eigenvalue weighted by atomic mass is 10.0. The summed E-state index contributed by atoms with van der Waals surface area (Å²) in [5, 5.41) is 14.0. The highest BCUT2D eigenvalue weighted by Gasteiger charge is 2.28. The maximum absolute atomic E-state index is 11.5. The summed E-state index contributed by atoms with van der Waals surface area (Å²) in [5.41, 5.74) is -0.747. The lowest BCUT2D eigenvalue weighted by Crippen LogP contribution is -2.55. The number of hydrogen-bond donors (Lipinski definition) is 3. The van der Waals surface area contributed by atoms with Crippen molar-refractivity contribution in [2.45, 2.75) is 38.8 Å². The van der Waals surface area contributed by atoms with Crippen molar-refractivity contribution in [3.63, 3.8) is 0 Å². The number of hydrogen-bond acceptors (Lipinski definition) is 3. The van der Waals surface area contributed by atoms with Crippen LogP contribution in [-0.2, 0) is 9.59 Å². The quantitative estimate of drug-likeness (QED) is 0.584. The molecule has 0 aromatic heterocycles. The van der Waals surface area contributed by atoms with Crippen LogP contribution in [0.1, 0.15) is 27.2 Å². The van der Waals surface area contributed by atoms with Gasteiger partial charge in [0.2, 0.25) is 5.91 Å². The van der Waals surface area contributed by atoms with E-state index in [1.54, 1.807) is 27.8 Å². The molecule has 0 fully saturated rings. The largest absolute Gasteiger partial charge is 0.480 e. The van der Waals surface area contributed by atoms with Crippen molar-refractivity contribution in [1.29, 1.82) is 0 Å². The smallest absolute Gasteiger partial charge is 0.326 e. The van der Waals surface area contributed by atoms with Crippen LogP contribution in [0.4, 0.5) is 0 Å². The molecule has 0 rings (SSSR count). The lowest BCUT2D eigenvalue weighted by Gasteiger charge is -2.24. The SMILES string of the molecule is CC[C@@H](NC(=O)C(C)(C)NC)C(=O)O. The second kappa shape index (κ2) is 4.95. The number of amides is 1. The van der Waals surface area contributed by atoms with E-state index >= 15 is 0 Å². The molecular weight excluding hydrogens is 184 g/mol. The Balaban J connectivity index is 4.37. The van der Waals surface area contributed by atoms with E-state index in [0.29, 0.717) is 6.42 Å². The van der Waals surface area contributed by atoms with Gasteiger partial charge < -0.3 is 15.7 Å². The van der Waals surface area contributed by atoms with Crippen molar-refractivity contribution in [2.75, 3.05) is 7.05 Å². The minimum Gasteiger partial charge on any atom is -0.480 e. The number of rotatable bonds is 5. The average molecular weight is 202 g/mol. The molecule has 14 heavy (non-hydrogen) atoms. The molecule has 0 bridgehead atoms. The standard InChI is InChI=1S/C9H18N2O3/c1-5-6(7(12)13)11-8(14)9(2,3)10-4/h6,10H,5H2,1-4H3,(H,11,14)(H,12,13)/t6-/m1/s1. The summed E-state index contributed by atoms with van der Waals surface area (Å²) < 4.78 is 0. The molecule has 0 aromatic carbocycles. The van der Waals surface area contributed by atoms with Crippen LogP contribution >= 0.6 is 0 Å². The molecule has 0 aromatic rings. The molecule has 0 heterocycles. The van der Waals surface area contributed by atoms with Gasteiger partial charge in [-0.05, 0) is 27.3 Å². The second-order valence-corrected chi connectivity index (χ2v) is 3.65. The minimum atomic E-state index is -1.01. The molecule has 0 aliphatic heterocycles. The third kappa shape index (κ3) is 3.33. The second-order valence-electron chi connectivity index (χ2n) is 3.65. The molecule has 0 aliphatic rings. The van der Waals surface area contributed by atoms with Gasteiger partial charge in [-0.3, -0.25) is 4.79 Å². The molecule has 0 unspecified atom stereocenters. The summed E-state index contributed by atoms with van der Waals surface area (Å²) in [6, 6.07) is -0.810. The van der Waals surface area contributed by atoms with Gasteiger partial charge in [0, 0.05) is 0 Å². The van der Waals surface area contributed by atoms with Crippen LogP contribution in [0.3, 0.4) is 0 Å². The van der Waals surface area contributed by atoms with E-state index in [1.165, 1.54) is 0 Å². The van der Waals surface area contributed by atoms with Crippen LogP contribution in [0.15, 0.2) is 0 Å². The Bertz CT molecular complexity index is 226. The van der Waals surface area contributed by atoms with Crippen molar-refractivity contribution < 1.29 is 14.7 Å². The van der Waals surface area contributed by atoms with Crippen LogP contribution in [0.5, 0.6) is 0 Å². The predicted octanol–water partition coefficient (Wildman–Crippen LogP) is -0.0362. The van der Waals surface area contributed by atoms with Gasteiger partial charge in [0.25, 0.3) is 0 Å². The van der Waals surface area contributed by atoms with Gasteiger partial charge in [-0.25, -0.2) is 4.79 Å². The first-order valence-corrected chi connectivity index (χ1v) is 4.57. The summed E-state index contributed by atoms with van der Waals surface area (Å²) in [6.45, 7) is 5.10. The Hall–Kier alpha value is -1.10. The van der Waals surface area contributed by atoms with Gasteiger partial charge in [-0.1, -0.05) is 6.92 Å². The monoisotopic (exact) mass is 202 g/mol. The fourth-order valence-electron chi connectivity index (χ4n) is 0.791. The van der Waals surface area contributed by atoms with Crippen molar-refractivity contribution in [1.82, 2.24) is 10.6 Å². The summed E-state index contributed by atoms with van der Waals surface area (Å²) in [7, 11) is 1.65. The van der Waals surface area contributed by atoms with Crippen LogP contribution in [0.2, 0.25) is 0 Å². The van der Waals surface area contributed by atoms with E-state index in [1.807, 2.05) is 0 Å². The first-order valence-electron chi connectivity index (χ1n) is 4.57. The molecule has 3 N–H and O–H groups in total. The third-order valence-electron chi connectivity index (χ3n) is 2.20. The Morgan fingerprint density at radius 1 is 1.43 bits per heavy atom. The number of carbonyl (C=O) groups is 2. The maximum atomic E-state index is 11.5. The zero-order valence-corrected chi connectivity index (χ0v) is 9.05. The van der Waals surface area contributed by atoms with Gasteiger partial charge in [0.05, 0.1) is 5.54 Å². The summed E-state index contributed by atoms with van der Waals surface area (Å²) in [5.74, 6) is -1.32. The Labute approximate surface area is 83.9 Å². The van der Waals surface area contributed by atoms with E-state index in [9.17, 15) is 9.59 Å². The van der Waals surface area contributed by atoms with E-state index in [2.05, 4.69) is 10.6 Å². The normalized spacial score (nSPS) is 13.4. The van der Waals surface area contributed by atoms with Crippen molar-refractivity contribution >= 4 is 11.9 Å². The number of carbonyl (C=O) groups excluding carboxylic acids is 1. The highest BCUT2D eigenvalue weighted by Crippen LogP contribution is 2.02. The minimum absolute atomic E-state index is 0.311. The number of likely N-dealkylation sites (N-methyl/N-ethyl adjacent to an activating group) is 1. The Morgan fingerprint density at radius 3 is 2.21 bits per heavy atom. The van der Waals surface area contributed by atoms with Crippen LogP contribution in [-0.4, -0.2) is 35.6 Å². The molecule has 5 nitrogen and oxygen atoms in total. The average Bonchev–Trinajstić information content (AvgIpc) is 2.12. The highest BCUT2D eigenvalue weighted by atomic mass is 16.4. The van der Waals surface area contributed by atoms with Gasteiger partial charge in [0.1, 0.15) is 6.04 Å². The van der Waals surface area contributed by atoms with Crippen LogP contribution in [0, 0.1) is 0 Å². The van der Waals surface area contributed by atoms with Gasteiger partial charge in [-0.15, -0.1) is 0 Å². The van der Waals surface area contributed by atoms with E-state index in [4.69, 9.17) is 5.11 Å². The highest BCUT2D eigenvalue weighted by molar-refractivity contribution is 5.89. The number of carboxylic acids is 1. The zero-order valence-electron chi connectivity index (χ0n) is 9.05. The fraction of sp³-hybridized carbons (Fsp3) is 0.778. The Morgan fingerprint density at radius 2 is 1.93 bits per heavy atom. The zero-order chi connectivity index (χ0) is 11.4. The Kier molecular flexibility index (Phi) is 4.56. The van der Waals surface area contributed by atoms with E-state index in [-0.39, 0.29) is 5.91 Å². The van der Waals surface area contributed by atoms with E-state index in [0.717, 1.165) is 0 Å². The lowest BCUT2D eigenvalue weighted by molar-refractivity contribution is -0.142. The van der Waals surface area contributed by atoms with Crippen LogP contribution < -0.4 is 10.6 Å².